The van der Waals surface area contributed by atoms with E-state index in [1.165, 1.54) is 11.1 Å². The number of ketones is 1. The highest BCUT2D eigenvalue weighted by Crippen LogP contribution is 2.09. The Bertz CT molecular complexity index is 1100. The molecule has 0 radical (unpaired) electrons. The summed E-state index contributed by atoms with van der Waals surface area (Å²) in [5.74, 6) is 0.238. The highest BCUT2D eigenvalue weighted by molar-refractivity contribution is 6.67. The molecule has 2 N–H and O–H groups in total. The monoisotopic (exact) mass is 501 g/mol. The van der Waals surface area contributed by atoms with Crippen molar-refractivity contribution in [3.63, 3.8) is 0 Å². The summed E-state index contributed by atoms with van der Waals surface area (Å²) in [6, 6.07) is 38.8. The lowest BCUT2D eigenvalue weighted by atomic mass is 10.0. The molecule has 0 unspecified atom stereocenters. The zero-order valence-corrected chi connectivity index (χ0v) is 20.6. The van der Waals surface area contributed by atoms with E-state index in [0.717, 1.165) is 31.4 Å². The summed E-state index contributed by atoms with van der Waals surface area (Å²) in [4.78, 5) is 22.2. The number of carbonyl (C=O) groups is 2. The van der Waals surface area contributed by atoms with Crippen LogP contribution in [0.4, 0.5) is 0 Å². The second kappa shape index (κ2) is 18.8. The summed E-state index contributed by atoms with van der Waals surface area (Å²) in [5.41, 5.74) is 9.34. The molecule has 4 heteroatoms. The van der Waals surface area contributed by atoms with E-state index < -0.39 is 5.24 Å². The van der Waals surface area contributed by atoms with E-state index in [2.05, 4.69) is 24.3 Å². The van der Waals surface area contributed by atoms with Crippen LogP contribution in [0.3, 0.4) is 0 Å². The Balaban J connectivity index is 0.000000291. The summed E-state index contributed by atoms with van der Waals surface area (Å²) in [6.07, 6.45) is 3.50. The minimum absolute atomic E-state index is 0. The van der Waals surface area contributed by atoms with Gasteiger partial charge in [-0.1, -0.05) is 129 Å². The van der Waals surface area contributed by atoms with E-state index in [9.17, 15) is 9.59 Å². The Hall–Kier alpha value is -3.53. The third-order valence-electron chi connectivity index (χ3n) is 5.08. The number of nitrogens with two attached hydrogens (primary N) is 1. The van der Waals surface area contributed by atoms with Crippen LogP contribution in [-0.4, -0.2) is 17.6 Å². The van der Waals surface area contributed by atoms with Crippen molar-refractivity contribution in [3.8, 4) is 0 Å². The molecule has 0 amide bonds. The van der Waals surface area contributed by atoms with Crippen molar-refractivity contribution in [3.05, 3.63) is 144 Å². The first-order valence-electron chi connectivity index (χ1n) is 11.7. The van der Waals surface area contributed by atoms with E-state index in [1.54, 1.807) is 24.3 Å². The summed E-state index contributed by atoms with van der Waals surface area (Å²) in [6.45, 7) is 0.740. The maximum atomic E-state index is 11.8. The van der Waals surface area contributed by atoms with Gasteiger partial charge in [-0.3, -0.25) is 9.59 Å². The van der Waals surface area contributed by atoms with Crippen LogP contribution in [-0.2, 0) is 12.8 Å². The number of benzene rings is 4. The number of hydrogen-bond acceptors (Lipinski definition) is 3. The van der Waals surface area contributed by atoms with Crippen LogP contribution in [0.15, 0.2) is 121 Å². The lowest BCUT2D eigenvalue weighted by Gasteiger charge is -2.01. The maximum Gasteiger partial charge on any atom is 0.252 e. The van der Waals surface area contributed by atoms with Gasteiger partial charge in [0.1, 0.15) is 0 Å². The van der Waals surface area contributed by atoms with Gasteiger partial charge < -0.3 is 5.73 Å². The van der Waals surface area contributed by atoms with Crippen molar-refractivity contribution in [2.24, 2.45) is 5.73 Å². The molecular weight excluding hydrogens is 466 g/mol. The zero-order chi connectivity index (χ0) is 25.1. The first-order chi connectivity index (χ1) is 17.1. The van der Waals surface area contributed by atoms with Gasteiger partial charge in [0.15, 0.2) is 5.78 Å². The van der Waals surface area contributed by atoms with Crippen molar-refractivity contribution < 1.29 is 9.59 Å². The van der Waals surface area contributed by atoms with Crippen molar-refractivity contribution in [1.82, 2.24) is 0 Å². The molecule has 0 aromatic heterocycles. The fraction of sp³-hybridized carbons (Fsp3) is 0.188. The molecule has 0 aliphatic heterocycles. The maximum absolute atomic E-state index is 11.8. The van der Waals surface area contributed by atoms with Crippen molar-refractivity contribution in [2.45, 2.75) is 33.1 Å². The summed E-state index contributed by atoms with van der Waals surface area (Å²) in [5, 5.41) is -0.407. The smallest absolute Gasteiger partial charge is 0.252 e. The molecule has 4 rings (SSSR count). The van der Waals surface area contributed by atoms with Gasteiger partial charge in [0.05, 0.1) is 0 Å². The number of rotatable bonds is 8. The van der Waals surface area contributed by atoms with Gasteiger partial charge in [0.25, 0.3) is 5.24 Å². The van der Waals surface area contributed by atoms with E-state index in [0.29, 0.717) is 12.0 Å². The van der Waals surface area contributed by atoms with Gasteiger partial charge in [-0.05, 0) is 48.5 Å². The third-order valence-corrected chi connectivity index (χ3v) is 5.30. The van der Waals surface area contributed by atoms with Gasteiger partial charge in [-0.2, -0.15) is 0 Å². The average Bonchev–Trinajstić information content (AvgIpc) is 2.92. The number of carbonyl (C=O) groups excluding carboxylic acids is 2. The van der Waals surface area contributed by atoms with Crippen LogP contribution in [0.2, 0.25) is 0 Å². The molecule has 0 aliphatic rings. The molecule has 36 heavy (non-hydrogen) atoms. The van der Waals surface area contributed by atoms with Gasteiger partial charge in [-0.25, -0.2) is 0 Å². The highest BCUT2D eigenvalue weighted by Gasteiger charge is 2.04. The van der Waals surface area contributed by atoms with E-state index in [1.807, 2.05) is 72.8 Å². The number of halogens is 1. The van der Waals surface area contributed by atoms with E-state index in [4.69, 9.17) is 17.3 Å². The van der Waals surface area contributed by atoms with Gasteiger partial charge in [0.2, 0.25) is 0 Å². The second-order valence-electron chi connectivity index (χ2n) is 7.79. The first-order valence-corrected chi connectivity index (χ1v) is 12.1. The van der Waals surface area contributed by atoms with Crippen LogP contribution in [0, 0.1) is 0 Å². The van der Waals surface area contributed by atoms with Crippen molar-refractivity contribution in [1.29, 1.82) is 0 Å². The zero-order valence-electron chi connectivity index (χ0n) is 19.9. The molecule has 0 saturated heterocycles. The van der Waals surface area contributed by atoms with Gasteiger partial charge in [0, 0.05) is 17.5 Å². The minimum Gasteiger partial charge on any atom is -0.330 e. The Morgan fingerprint density at radius 2 is 0.972 bits per heavy atom. The summed E-state index contributed by atoms with van der Waals surface area (Å²) in [7, 11) is 0. The SMILES string of the molecule is C.NCCc1ccccc1.O=C(CCCc1ccccc1)c1ccccc1.O=C(Cl)c1ccccc1. The Morgan fingerprint density at radius 1 is 0.583 bits per heavy atom. The van der Waals surface area contributed by atoms with Gasteiger partial charge in [-0.15, -0.1) is 0 Å². The van der Waals surface area contributed by atoms with Crippen LogP contribution in [0.1, 0.15) is 52.1 Å². The molecule has 4 aromatic rings. The lowest BCUT2D eigenvalue weighted by molar-refractivity contribution is 0.0979. The molecule has 4 aromatic carbocycles. The lowest BCUT2D eigenvalue weighted by Crippen LogP contribution is -2.01. The normalized spacial score (nSPS) is 9.39. The quantitative estimate of drug-likeness (QED) is 0.198. The number of aryl methyl sites for hydroxylation is 1. The van der Waals surface area contributed by atoms with Gasteiger partial charge >= 0.3 is 0 Å². The third kappa shape index (κ3) is 12.8. The van der Waals surface area contributed by atoms with E-state index in [-0.39, 0.29) is 13.2 Å². The summed E-state index contributed by atoms with van der Waals surface area (Å²) >= 11 is 5.16. The Morgan fingerprint density at radius 3 is 1.36 bits per heavy atom. The molecule has 0 spiro atoms. The van der Waals surface area contributed by atoms with Crippen LogP contribution < -0.4 is 5.73 Å². The molecule has 3 nitrogen and oxygen atoms in total. The van der Waals surface area contributed by atoms with Crippen LogP contribution >= 0.6 is 11.6 Å². The fourth-order valence-corrected chi connectivity index (χ4v) is 3.37. The molecule has 0 aliphatic carbocycles. The Kier molecular flexibility index (Phi) is 15.9. The first kappa shape index (κ1) is 30.5. The van der Waals surface area contributed by atoms with Crippen LogP contribution in [0.5, 0.6) is 0 Å². The largest absolute Gasteiger partial charge is 0.330 e. The number of hydrogen-bond donors (Lipinski definition) is 1. The standard InChI is InChI=1S/C16H16O.C8H11N.C7H5ClO.CH4/c17-16(15-11-5-2-6-12-15)13-7-10-14-8-3-1-4-9-14;9-7-6-8-4-2-1-3-5-8;8-7(9)6-4-2-1-3-5-6;/h1-6,8-9,11-12H,7,10,13H2;1-5H,6-7,9H2;1-5H;1H4. The molecule has 0 saturated carbocycles. The Labute approximate surface area is 221 Å². The molecule has 0 fully saturated rings. The molecule has 0 atom stereocenters. The average molecular weight is 502 g/mol. The van der Waals surface area contributed by atoms with Crippen molar-refractivity contribution >= 4 is 22.6 Å². The minimum atomic E-state index is -0.407. The topological polar surface area (TPSA) is 60.2 Å². The van der Waals surface area contributed by atoms with E-state index >= 15 is 0 Å². The fourth-order valence-electron chi connectivity index (χ4n) is 3.25. The highest BCUT2D eigenvalue weighted by atomic mass is 35.5. The second-order valence-corrected chi connectivity index (χ2v) is 8.14. The number of Topliss-reactive ketones (excluding diaryl/α,β-unsaturated/α-hetero) is 1. The molecular formula is C32H36ClNO2. The van der Waals surface area contributed by atoms with Crippen LogP contribution in [0.25, 0.3) is 0 Å². The molecule has 188 valence electrons. The molecule has 0 bridgehead atoms. The predicted molar refractivity (Wildman–Crippen MR) is 153 cm³/mol. The van der Waals surface area contributed by atoms with Crippen molar-refractivity contribution in [2.75, 3.05) is 6.54 Å². The molecule has 0 heterocycles. The predicted octanol–water partition coefficient (Wildman–Crippen LogP) is 7.78. The summed E-state index contributed by atoms with van der Waals surface area (Å²) < 4.78 is 0.